The number of aromatic carboxylic acids is 1. The molecule has 0 aromatic heterocycles. The minimum Gasteiger partial charge on any atom is -0.478 e. The molecule has 2 aromatic rings. The summed E-state index contributed by atoms with van der Waals surface area (Å²) in [6.45, 7) is 2.31. The molecule has 0 radical (unpaired) electrons. The van der Waals surface area contributed by atoms with Crippen molar-refractivity contribution in [3.8, 4) is 0 Å². The van der Waals surface area contributed by atoms with Crippen molar-refractivity contribution in [2.45, 2.75) is 32.4 Å². The van der Waals surface area contributed by atoms with Crippen LogP contribution >= 0.6 is 0 Å². The SMILES string of the molecule is O=C(NCc1ccc(C(=O)O)cc1)NCC1(CCOCc2ccccc2)CC1. The van der Waals surface area contributed by atoms with Gasteiger partial charge in [0.2, 0.25) is 0 Å². The fourth-order valence-corrected chi connectivity index (χ4v) is 3.02. The number of carbonyl (C=O) groups excluding carboxylic acids is 1. The molecule has 3 N–H and O–H groups in total. The van der Waals surface area contributed by atoms with Gasteiger partial charge < -0.3 is 20.5 Å². The zero-order valence-corrected chi connectivity index (χ0v) is 15.8. The van der Waals surface area contributed by atoms with Gasteiger partial charge in [0.05, 0.1) is 12.2 Å². The van der Waals surface area contributed by atoms with E-state index in [4.69, 9.17) is 9.84 Å². The normalized spacial score (nSPS) is 14.3. The van der Waals surface area contributed by atoms with E-state index in [2.05, 4.69) is 10.6 Å². The lowest BCUT2D eigenvalue weighted by Crippen LogP contribution is -2.38. The van der Waals surface area contributed by atoms with Crippen LogP contribution in [0.5, 0.6) is 0 Å². The number of nitrogens with one attached hydrogen (secondary N) is 2. The van der Waals surface area contributed by atoms with Crippen LogP contribution in [-0.4, -0.2) is 30.3 Å². The van der Waals surface area contributed by atoms with E-state index in [9.17, 15) is 9.59 Å². The van der Waals surface area contributed by atoms with Gasteiger partial charge in [-0.15, -0.1) is 0 Å². The summed E-state index contributed by atoms with van der Waals surface area (Å²) >= 11 is 0. The second-order valence-corrected chi connectivity index (χ2v) is 7.33. The van der Waals surface area contributed by atoms with Crippen molar-refractivity contribution in [3.63, 3.8) is 0 Å². The van der Waals surface area contributed by atoms with Gasteiger partial charge in [-0.1, -0.05) is 42.5 Å². The maximum atomic E-state index is 12.0. The minimum atomic E-state index is -0.959. The highest BCUT2D eigenvalue weighted by atomic mass is 16.5. The van der Waals surface area contributed by atoms with Crippen molar-refractivity contribution in [3.05, 3.63) is 71.3 Å². The van der Waals surface area contributed by atoms with Crippen LogP contribution in [0.4, 0.5) is 4.79 Å². The van der Waals surface area contributed by atoms with E-state index in [1.54, 1.807) is 12.1 Å². The van der Waals surface area contributed by atoms with E-state index >= 15 is 0 Å². The molecule has 28 heavy (non-hydrogen) atoms. The molecule has 0 atom stereocenters. The average Bonchev–Trinajstić information content (AvgIpc) is 3.49. The van der Waals surface area contributed by atoms with Crippen molar-refractivity contribution in [1.29, 1.82) is 0 Å². The number of carboxylic acid groups (broad SMARTS) is 1. The van der Waals surface area contributed by atoms with Crippen LogP contribution in [0.25, 0.3) is 0 Å². The molecule has 0 aliphatic heterocycles. The standard InChI is InChI=1S/C22H26N2O4/c25-20(26)19-8-6-17(7-9-19)14-23-21(27)24-16-22(10-11-22)12-13-28-15-18-4-2-1-3-5-18/h1-9H,10-16H2,(H,25,26)(H2,23,24,27). The number of urea groups is 1. The molecule has 1 saturated carbocycles. The van der Waals surface area contributed by atoms with Crippen molar-refractivity contribution in [1.82, 2.24) is 10.6 Å². The molecule has 1 fully saturated rings. The Hall–Kier alpha value is -2.86. The first-order valence-corrected chi connectivity index (χ1v) is 9.52. The van der Waals surface area contributed by atoms with E-state index in [0.717, 1.165) is 24.8 Å². The molecule has 0 spiro atoms. The van der Waals surface area contributed by atoms with Gasteiger partial charge in [-0.2, -0.15) is 0 Å². The highest BCUT2D eigenvalue weighted by Crippen LogP contribution is 2.48. The third-order valence-corrected chi connectivity index (χ3v) is 5.12. The van der Waals surface area contributed by atoms with E-state index in [1.165, 1.54) is 17.7 Å². The van der Waals surface area contributed by atoms with Gasteiger partial charge in [0.15, 0.2) is 0 Å². The van der Waals surface area contributed by atoms with E-state index in [0.29, 0.717) is 26.3 Å². The first-order valence-electron chi connectivity index (χ1n) is 9.52. The molecule has 0 bridgehead atoms. The Kier molecular flexibility index (Phi) is 6.66. The maximum absolute atomic E-state index is 12.0. The molecule has 2 amide bonds. The number of hydrogen-bond acceptors (Lipinski definition) is 3. The van der Waals surface area contributed by atoms with Crippen molar-refractivity contribution < 1.29 is 19.4 Å². The molecule has 1 aliphatic rings. The molecule has 6 heteroatoms. The fraction of sp³-hybridized carbons (Fsp3) is 0.364. The zero-order chi connectivity index (χ0) is 19.8. The van der Waals surface area contributed by atoms with Gasteiger partial charge in [0.1, 0.15) is 0 Å². The van der Waals surface area contributed by atoms with E-state index in [1.807, 2.05) is 30.3 Å². The largest absolute Gasteiger partial charge is 0.478 e. The second kappa shape index (κ2) is 9.37. The lowest BCUT2D eigenvalue weighted by molar-refractivity contribution is 0.0697. The Morgan fingerprint density at radius 2 is 1.68 bits per heavy atom. The summed E-state index contributed by atoms with van der Waals surface area (Å²) in [5, 5.41) is 14.6. The second-order valence-electron chi connectivity index (χ2n) is 7.33. The van der Waals surface area contributed by atoms with Gasteiger partial charge in [0, 0.05) is 19.7 Å². The topological polar surface area (TPSA) is 87.7 Å². The van der Waals surface area contributed by atoms with Crippen molar-refractivity contribution in [2.24, 2.45) is 5.41 Å². The molecule has 1 aliphatic carbocycles. The highest BCUT2D eigenvalue weighted by Gasteiger charge is 2.42. The third-order valence-electron chi connectivity index (χ3n) is 5.12. The molecule has 148 valence electrons. The molecule has 6 nitrogen and oxygen atoms in total. The lowest BCUT2D eigenvalue weighted by atomic mass is 10.0. The number of benzene rings is 2. The number of carbonyl (C=O) groups is 2. The zero-order valence-electron chi connectivity index (χ0n) is 15.8. The predicted molar refractivity (Wildman–Crippen MR) is 106 cm³/mol. The van der Waals surface area contributed by atoms with Gasteiger partial charge in [-0.05, 0) is 47.9 Å². The quantitative estimate of drug-likeness (QED) is 0.548. The Labute approximate surface area is 164 Å². The first kappa shape index (κ1) is 19.9. The van der Waals surface area contributed by atoms with Crippen LogP contribution in [0.2, 0.25) is 0 Å². The maximum Gasteiger partial charge on any atom is 0.335 e. The molecule has 2 aromatic carbocycles. The first-order chi connectivity index (χ1) is 13.6. The number of carboxylic acids is 1. The molecular weight excluding hydrogens is 356 g/mol. The summed E-state index contributed by atoms with van der Waals surface area (Å²) in [6.07, 6.45) is 3.16. The minimum absolute atomic E-state index is 0.164. The van der Waals surface area contributed by atoms with Crippen LogP contribution in [0.1, 0.15) is 40.7 Å². The Morgan fingerprint density at radius 1 is 0.964 bits per heavy atom. The lowest BCUT2D eigenvalue weighted by Gasteiger charge is -2.16. The molecule has 0 heterocycles. The third kappa shape index (κ3) is 6.09. The summed E-state index contributed by atoms with van der Waals surface area (Å²) in [5.41, 5.74) is 2.42. The monoisotopic (exact) mass is 382 g/mol. The van der Waals surface area contributed by atoms with E-state index < -0.39 is 5.97 Å². The highest BCUT2D eigenvalue weighted by molar-refractivity contribution is 5.87. The van der Waals surface area contributed by atoms with Crippen LogP contribution < -0.4 is 10.6 Å². The average molecular weight is 382 g/mol. The molecule has 3 rings (SSSR count). The number of hydrogen-bond donors (Lipinski definition) is 3. The summed E-state index contributed by atoms with van der Waals surface area (Å²) in [5.74, 6) is -0.959. The summed E-state index contributed by atoms with van der Waals surface area (Å²) in [7, 11) is 0. The Bertz CT molecular complexity index is 786. The Balaban J connectivity index is 1.32. The van der Waals surface area contributed by atoms with E-state index in [-0.39, 0.29) is 17.0 Å². The predicted octanol–water partition coefficient (Wildman–Crippen LogP) is 3.57. The van der Waals surface area contributed by atoms with Crippen molar-refractivity contribution >= 4 is 12.0 Å². The molecular formula is C22H26N2O4. The molecule has 0 unspecified atom stereocenters. The summed E-state index contributed by atoms with van der Waals surface area (Å²) < 4.78 is 5.76. The number of amides is 2. The van der Waals surface area contributed by atoms with Gasteiger partial charge in [0.25, 0.3) is 0 Å². The summed E-state index contributed by atoms with van der Waals surface area (Å²) in [4.78, 5) is 22.9. The van der Waals surface area contributed by atoms with Crippen LogP contribution in [0, 0.1) is 5.41 Å². The number of rotatable bonds is 10. The van der Waals surface area contributed by atoms with Gasteiger partial charge in [-0.25, -0.2) is 9.59 Å². The smallest absolute Gasteiger partial charge is 0.335 e. The van der Waals surface area contributed by atoms with Gasteiger partial charge >= 0.3 is 12.0 Å². The summed E-state index contributed by atoms with van der Waals surface area (Å²) in [6, 6.07) is 16.4. The van der Waals surface area contributed by atoms with Crippen molar-refractivity contribution in [2.75, 3.05) is 13.2 Å². The number of ether oxygens (including phenoxy) is 1. The molecule has 0 saturated heterocycles. The fourth-order valence-electron chi connectivity index (χ4n) is 3.02. The van der Waals surface area contributed by atoms with Gasteiger partial charge in [-0.3, -0.25) is 0 Å². The Morgan fingerprint density at radius 3 is 2.32 bits per heavy atom. The van der Waals surface area contributed by atoms with Crippen LogP contribution in [0.3, 0.4) is 0 Å². The van der Waals surface area contributed by atoms with Crippen LogP contribution in [0.15, 0.2) is 54.6 Å². The van der Waals surface area contributed by atoms with Crippen LogP contribution in [-0.2, 0) is 17.9 Å².